The molecule has 0 spiro atoms. The second-order valence-corrected chi connectivity index (χ2v) is 3.00. The predicted molar refractivity (Wildman–Crippen MR) is 51.0 cm³/mol. The lowest BCUT2D eigenvalue weighted by Gasteiger charge is -1.98. The van der Waals surface area contributed by atoms with Crippen LogP contribution in [0.25, 0.3) is 6.08 Å². The van der Waals surface area contributed by atoms with Crippen LogP contribution in [0.15, 0.2) is 24.3 Å². The topological polar surface area (TPSA) is 19.9 Å². The Morgan fingerprint density at radius 1 is 1.33 bits per heavy atom. The zero-order valence-electron chi connectivity index (χ0n) is 6.26. The number of rotatable bonds is 2. The quantitative estimate of drug-likeness (QED) is 0.699. The molecule has 0 saturated carbocycles. The fourth-order valence-electron chi connectivity index (χ4n) is 0.824. The standard InChI is InChI=1S/C9H7Cl2O/c10-8-5-1-3-7(9(8)11)4-2-6-12/h1-5H,6H2. The number of halogens is 2. The zero-order valence-corrected chi connectivity index (χ0v) is 7.77. The van der Waals surface area contributed by atoms with Crippen molar-refractivity contribution < 1.29 is 5.11 Å². The molecule has 1 nitrogen and oxygen atoms in total. The van der Waals surface area contributed by atoms with Crippen molar-refractivity contribution in [1.29, 1.82) is 0 Å². The minimum atomic E-state index is -0.247. The van der Waals surface area contributed by atoms with Crippen molar-refractivity contribution in [3.63, 3.8) is 0 Å². The van der Waals surface area contributed by atoms with Crippen LogP contribution in [0.5, 0.6) is 0 Å². The lowest BCUT2D eigenvalue weighted by Crippen LogP contribution is -1.76. The SMILES string of the molecule is [O]CC=Cc1cccc(Cl)c1Cl. The molecule has 1 rings (SSSR count). The molecule has 0 aliphatic rings. The van der Waals surface area contributed by atoms with E-state index < -0.39 is 0 Å². The fourth-order valence-corrected chi connectivity index (χ4v) is 1.20. The van der Waals surface area contributed by atoms with Crippen molar-refractivity contribution in [2.75, 3.05) is 6.61 Å². The first-order valence-electron chi connectivity index (χ1n) is 3.44. The minimum absolute atomic E-state index is 0.247. The summed E-state index contributed by atoms with van der Waals surface area (Å²) in [7, 11) is 0. The summed E-state index contributed by atoms with van der Waals surface area (Å²) in [6, 6.07) is 5.30. The van der Waals surface area contributed by atoms with Crippen LogP contribution in [0, 0.1) is 0 Å². The maximum Gasteiger partial charge on any atom is 0.101 e. The van der Waals surface area contributed by atoms with Crippen LogP contribution in [0.3, 0.4) is 0 Å². The van der Waals surface area contributed by atoms with Gasteiger partial charge in [-0.25, -0.2) is 5.11 Å². The molecule has 0 bridgehead atoms. The van der Waals surface area contributed by atoms with E-state index >= 15 is 0 Å². The maximum absolute atomic E-state index is 10.1. The second kappa shape index (κ2) is 4.51. The highest BCUT2D eigenvalue weighted by molar-refractivity contribution is 6.42. The molecular weight excluding hydrogens is 195 g/mol. The first-order valence-corrected chi connectivity index (χ1v) is 4.20. The monoisotopic (exact) mass is 201 g/mol. The molecule has 12 heavy (non-hydrogen) atoms. The molecule has 1 radical (unpaired) electrons. The fraction of sp³-hybridized carbons (Fsp3) is 0.111. The van der Waals surface area contributed by atoms with Crippen molar-refractivity contribution >= 4 is 29.3 Å². The van der Waals surface area contributed by atoms with Crippen LogP contribution in [0.1, 0.15) is 5.56 Å². The summed E-state index contributed by atoms with van der Waals surface area (Å²) < 4.78 is 0. The van der Waals surface area contributed by atoms with Crippen LogP contribution < -0.4 is 0 Å². The highest BCUT2D eigenvalue weighted by Crippen LogP contribution is 2.26. The van der Waals surface area contributed by atoms with E-state index in [1.807, 2.05) is 0 Å². The van der Waals surface area contributed by atoms with Crippen LogP contribution in [0.4, 0.5) is 0 Å². The van der Waals surface area contributed by atoms with Crippen molar-refractivity contribution in [3.8, 4) is 0 Å². The van der Waals surface area contributed by atoms with E-state index in [9.17, 15) is 5.11 Å². The minimum Gasteiger partial charge on any atom is -0.232 e. The van der Waals surface area contributed by atoms with Crippen molar-refractivity contribution in [3.05, 3.63) is 39.9 Å². The van der Waals surface area contributed by atoms with Crippen molar-refractivity contribution in [2.24, 2.45) is 0 Å². The molecule has 1 aromatic carbocycles. The first kappa shape index (κ1) is 9.59. The largest absolute Gasteiger partial charge is 0.232 e. The van der Waals surface area contributed by atoms with Crippen LogP contribution in [-0.4, -0.2) is 6.61 Å². The molecule has 0 amide bonds. The molecule has 0 saturated heterocycles. The van der Waals surface area contributed by atoms with E-state index in [0.717, 1.165) is 5.56 Å². The number of hydrogen-bond donors (Lipinski definition) is 0. The molecular formula is C9H7Cl2O. The molecule has 1 aromatic rings. The zero-order chi connectivity index (χ0) is 8.97. The van der Waals surface area contributed by atoms with Gasteiger partial charge in [-0.15, -0.1) is 0 Å². The third kappa shape index (κ3) is 2.24. The average molecular weight is 202 g/mol. The van der Waals surface area contributed by atoms with Gasteiger partial charge in [-0.05, 0) is 11.6 Å². The third-order valence-corrected chi connectivity index (χ3v) is 2.21. The van der Waals surface area contributed by atoms with Gasteiger partial charge in [0.25, 0.3) is 0 Å². The molecule has 0 N–H and O–H groups in total. The van der Waals surface area contributed by atoms with Gasteiger partial charge >= 0.3 is 0 Å². The van der Waals surface area contributed by atoms with E-state index in [0.29, 0.717) is 10.0 Å². The van der Waals surface area contributed by atoms with Gasteiger partial charge in [-0.2, -0.15) is 0 Å². The molecule has 63 valence electrons. The molecule has 0 aliphatic carbocycles. The molecule has 0 aromatic heterocycles. The van der Waals surface area contributed by atoms with Gasteiger partial charge in [0.15, 0.2) is 0 Å². The summed E-state index contributed by atoms with van der Waals surface area (Å²) >= 11 is 11.6. The second-order valence-electron chi connectivity index (χ2n) is 2.21. The Morgan fingerprint density at radius 2 is 2.08 bits per heavy atom. The Morgan fingerprint density at radius 3 is 2.75 bits per heavy atom. The van der Waals surface area contributed by atoms with Crippen molar-refractivity contribution in [1.82, 2.24) is 0 Å². The van der Waals surface area contributed by atoms with E-state index in [1.165, 1.54) is 6.08 Å². The number of benzene rings is 1. The highest BCUT2D eigenvalue weighted by Gasteiger charge is 1.99. The van der Waals surface area contributed by atoms with Gasteiger partial charge < -0.3 is 0 Å². The van der Waals surface area contributed by atoms with E-state index in [2.05, 4.69) is 0 Å². The summed E-state index contributed by atoms with van der Waals surface area (Å²) in [6.07, 6.45) is 3.17. The maximum atomic E-state index is 10.1. The summed E-state index contributed by atoms with van der Waals surface area (Å²) in [5.41, 5.74) is 0.778. The third-order valence-electron chi connectivity index (χ3n) is 1.38. The smallest absolute Gasteiger partial charge is 0.101 e. The average Bonchev–Trinajstić information content (AvgIpc) is 2.08. The summed E-state index contributed by atoms with van der Waals surface area (Å²) in [5.74, 6) is 0. The van der Waals surface area contributed by atoms with Gasteiger partial charge in [0.2, 0.25) is 0 Å². The van der Waals surface area contributed by atoms with Gasteiger partial charge in [-0.3, -0.25) is 0 Å². The normalized spacial score (nSPS) is 10.9. The van der Waals surface area contributed by atoms with E-state index in [1.54, 1.807) is 24.3 Å². The van der Waals surface area contributed by atoms with Crippen LogP contribution >= 0.6 is 23.2 Å². The Labute approximate surface area is 81.2 Å². The predicted octanol–water partition coefficient (Wildman–Crippen LogP) is 3.44. The van der Waals surface area contributed by atoms with Gasteiger partial charge in [0.1, 0.15) is 6.61 Å². The molecule has 0 unspecified atom stereocenters. The summed E-state index contributed by atoms with van der Waals surface area (Å²) in [4.78, 5) is 0. The lowest BCUT2D eigenvalue weighted by atomic mass is 10.2. The molecule has 0 fully saturated rings. The molecule has 0 atom stereocenters. The van der Waals surface area contributed by atoms with Crippen molar-refractivity contribution in [2.45, 2.75) is 0 Å². The highest BCUT2D eigenvalue weighted by atomic mass is 35.5. The van der Waals surface area contributed by atoms with E-state index in [-0.39, 0.29) is 6.61 Å². The first-order chi connectivity index (χ1) is 5.75. The van der Waals surface area contributed by atoms with Gasteiger partial charge in [0, 0.05) is 0 Å². The Bertz CT molecular complexity index is 295. The lowest BCUT2D eigenvalue weighted by molar-refractivity contribution is 0.233. The van der Waals surface area contributed by atoms with Gasteiger partial charge in [0.05, 0.1) is 10.0 Å². The molecule has 0 heterocycles. The van der Waals surface area contributed by atoms with Crippen LogP contribution in [-0.2, 0) is 5.11 Å². The van der Waals surface area contributed by atoms with Crippen LogP contribution in [0.2, 0.25) is 10.0 Å². The summed E-state index contributed by atoms with van der Waals surface area (Å²) in [6.45, 7) is -0.247. The summed E-state index contributed by atoms with van der Waals surface area (Å²) in [5, 5.41) is 11.1. The van der Waals surface area contributed by atoms with E-state index in [4.69, 9.17) is 23.2 Å². The Kier molecular flexibility index (Phi) is 3.60. The number of hydrogen-bond acceptors (Lipinski definition) is 0. The Balaban J connectivity index is 3.00. The molecule has 3 heteroatoms. The Hall–Kier alpha value is -0.500. The molecule has 0 aliphatic heterocycles. The van der Waals surface area contributed by atoms with Gasteiger partial charge in [-0.1, -0.05) is 47.5 Å².